The van der Waals surface area contributed by atoms with E-state index in [2.05, 4.69) is 80.6 Å². The monoisotopic (exact) mass is 465 g/mol. The summed E-state index contributed by atoms with van der Waals surface area (Å²) in [7, 11) is 12.4. The van der Waals surface area contributed by atoms with E-state index in [9.17, 15) is 0 Å². The van der Waals surface area contributed by atoms with Gasteiger partial charge in [-0.15, -0.1) is 0 Å². The molecule has 4 rings (SSSR count). The molecule has 0 saturated carbocycles. The summed E-state index contributed by atoms with van der Waals surface area (Å²) in [6, 6.07) is 23.5. The average Bonchev–Trinajstić information content (AvgIpc) is 2.63. The Labute approximate surface area is 166 Å². The molecule has 0 bridgehead atoms. The summed E-state index contributed by atoms with van der Waals surface area (Å²) in [4.78, 5) is 0. The van der Waals surface area contributed by atoms with Crippen LogP contribution in [0, 0.1) is 13.8 Å². The van der Waals surface area contributed by atoms with Crippen molar-refractivity contribution in [3.63, 3.8) is 0 Å². The molecule has 0 heterocycles. The molecule has 4 aromatic rings. The first kappa shape index (κ1) is 17.7. The quantitative estimate of drug-likeness (QED) is 0.217. The Kier molecular flexibility index (Phi) is 4.89. The predicted molar refractivity (Wildman–Crippen MR) is 113 cm³/mol. The van der Waals surface area contributed by atoms with Gasteiger partial charge in [-0.25, -0.2) is 0 Å². The second-order valence-electron chi connectivity index (χ2n) is 6.33. The molecule has 0 N–H and O–H groups in total. The van der Waals surface area contributed by atoms with Crippen molar-refractivity contribution < 1.29 is 13.5 Å². The normalized spacial score (nSPS) is 11.7. The van der Waals surface area contributed by atoms with Gasteiger partial charge in [0.1, 0.15) is 0 Å². The van der Waals surface area contributed by atoms with Crippen LogP contribution in [0.15, 0.2) is 66.7 Å². The number of hydrogen-bond donors (Lipinski definition) is 0. The summed E-state index contributed by atoms with van der Waals surface area (Å²) in [5, 5.41) is 4.85. The third-order valence-corrected chi connectivity index (χ3v) is 6.60. The molecule has 0 spiro atoms. The Bertz CT molecular complexity index is 1170. The molecule has 26 heavy (non-hydrogen) atoms. The van der Waals surface area contributed by atoms with E-state index in [1.165, 1.54) is 38.2 Å². The second-order valence-corrected chi connectivity index (χ2v) is 12.1. The summed E-state index contributed by atoms with van der Waals surface area (Å²) >= 11 is -1.95. The maximum atomic E-state index is 6.19. The fraction of sp³-hybridized carbons (Fsp3) is 0.0435. The van der Waals surface area contributed by atoms with Crippen molar-refractivity contribution in [3.05, 3.63) is 90.3 Å². The Hall–Kier alpha value is -1.66. The zero-order chi connectivity index (χ0) is 18.3. The number of halogens is 2. The molecule has 0 radical (unpaired) electrons. The van der Waals surface area contributed by atoms with Crippen molar-refractivity contribution >= 4 is 45.5 Å². The van der Waals surface area contributed by atoms with E-state index in [1.807, 2.05) is 4.61 Å². The van der Waals surface area contributed by atoms with Crippen LogP contribution < -0.4 is 0 Å². The molecule has 4 aromatic carbocycles. The van der Waals surface area contributed by atoms with Crippen LogP contribution in [0.25, 0.3) is 32.7 Å². The van der Waals surface area contributed by atoms with Crippen LogP contribution in [-0.4, -0.2) is 4.61 Å². The van der Waals surface area contributed by atoms with Crippen LogP contribution in [0.2, 0.25) is 0 Å². The topological polar surface area (TPSA) is 0 Å². The van der Waals surface area contributed by atoms with E-state index >= 15 is 0 Å². The van der Waals surface area contributed by atoms with Gasteiger partial charge in [-0.05, 0) is 0 Å². The van der Waals surface area contributed by atoms with Crippen LogP contribution >= 0.6 is 19.4 Å². The zero-order valence-electron chi connectivity index (χ0n) is 14.2. The molecule has 130 valence electrons. The number of hydrogen-bond acceptors (Lipinski definition) is 0. The molecule has 0 atom stereocenters. The molecule has 0 aliphatic rings. The van der Waals surface area contributed by atoms with Crippen LogP contribution in [0.1, 0.15) is 16.7 Å². The van der Waals surface area contributed by atoms with Crippen LogP contribution in [0.3, 0.4) is 0 Å². The van der Waals surface area contributed by atoms with Crippen LogP contribution in [-0.2, 0) is 13.5 Å². The van der Waals surface area contributed by atoms with Gasteiger partial charge >= 0.3 is 167 Å². The molecular weight excluding hydrogens is 448 g/mol. The number of aryl methyl sites for hydroxylation is 1. The SMILES string of the molecule is [CH2+]c1c([CH]=[Ru]([Cl])[Cl])cc2ccccc2c1-c1c(C)ccc2ccccc12. The first-order valence-electron chi connectivity index (χ1n) is 8.26. The summed E-state index contributed by atoms with van der Waals surface area (Å²) in [5.41, 5.74) is 5.68. The van der Waals surface area contributed by atoms with Crippen LogP contribution in [0.4, 0.5) is 0 Å². The van der Waals surface area contributed by atoms with Gasteiger partial charge in [0.2, 0.25) is 0 Å². The molecular formula is C23H17Cl2Ru+. The molecule has 3 heteroatoms. The van der Waals surface area contributed by atoms with Crippen molar-refractivity contribution in [3.8, 4) is 11.1 Å². The molecule has 0 aliphatic carbocycles. The third-order valence-electron chi connectivity index (χ3n) is 4.77. The van der Waals surface area contributed by atoms with Crippen molar-refractivity contribution in [1.82, 2.24) is 0 Å². The predicted octanol–water partition coefficient (Wildman–Crippen LogP) is 7.23. The van der Waals surface area contributed by atoms with Gasteiger partial charge in [-0.1, -0.05) is 0 Å². The van der Waals surface area contributed by atoms with Crippen molar-refractivity contribution in [1.29, 1.82) is 0 Å². The van der Waals surface area contributed by atoms with Gasteiger partial charge in [0.05, 0.1) is 0 Å². The van der Waals surface area contributed by atoms with Gasteiger partial charge in [-0.3, -0.25) is 0 Å². The summed E-state index contributed by atoms with van der Waals surface area (Å²) in [6.45, 7) is 6.58. The van der Waals surface area contributed by atoms with E-state index in [0.717, 1.165) is 11.1 Å². The van der Waals surface area contributed by atoms with Gasteiger partial charge < -0.3 is 0 Å². The van der Waals surface area contributed by atoms with Crippen LogP contribution in [0.5, 0.6) is 0 Å². The fourth-order valence-corrected chi connectivity index (χ4v) is 5.42. The van der Waals surface area contributed by atoms with Gasteiger partial charge in [0.25, 0.3) is 0 Å². The first-order chi connectivity index (χ1) is 12.6. The van der Waals surface area contributed by atoms with E-state index in [-0.39, 0.29) is 0 Å². The van der Waals surface area contributed by atoms with E-state index < -0.39 is 13.5 Å². The average molecular weight is 465 g/mol. The summed E-state index contributed by atoms with van der Waals surface area (Å²) < 4.78 is 1.99. The molecule has 0 nitrogen and oxygen atoms in total. The minimum atomic E-state index is -1.95. The Balaban J connectivity index is 2.21. The van der Waals surface area contributed by atoms with E-state index in [1.54, 1.807) is 0 Å². The third kappa shape index (κ3) is 3.10. The molecule has 0 amide bonds. The molecule has 0 aromatic heterocycles. The summed E-state index contributed by atoms with van der Waals surface area (Å²) in [6.07, 6.45) is 0. The molecule has 0 saturated heterocycles. The Morgan fingerprint density at radius 1 is 0.808 bits per heavy atom. The number of fused-ring (bicyclic) bond motifs is 2. The van der Waals surface area contributed by atoms with Gasteiger partial charge in [0.15, 0.2) is 0 Å². The van der Waals surface area contributed by atoms with Gasteiger partial charge in [0, 0.05) is 0 Å². The zero-order valence-corrected chi connectivity index (χ0v) is 17.5. The Morgan fingerprint density at radius 2 is 1.42 bits per heavy atom. The number of benzene rings is 4. The van der Waals surface area contributed by atoms with Crippen molar-refractivity contribution in [2.24, 2.45) is 0 Å². The fourth-order valence-electron chi connectivity index (χ4n) is 3.58. The first-order valence-corrected chi connectivity index (χ1v) is 13.7. The summed E-state index contributed by atoms with van der Waals surface area (Å²) in [5.74, 6) is 0. The van der Waals surface area contributed by atoms with Gasteiger partial charge in [-0.2, -0.15) is 0 Å². The molecule has 0 aliphatic heterocycles. The molecule has 0 unspecified atom stereocenters. The van der Waals surface area contributed by atoms with Crippen molar-refractivity contribution in [2.75, 3.05) is 0 Å². The second kappa shape index (κ2) is 7.16. The standard InChI is InChI=1S/C23H17.2ClH.Ru/c1-15-12-13-18-8-4-6-10-20(18)22(15)23-17(3)16(2)14-19-9-5-7-11-21(19)23;;;/h2,4-14H,3H2,1H3;2*1H;/q+1;;;+2/p-2. The maximum absolute atomic E-state index is 6.19. The van der Waals surface area contributed by atoms with E-state index in [0.29, 0.717) is 0 Å². The minimum absolute atomic E-state index is 0.989. The molecule has 0 fully saturated rings. The Morgan fingerprint density at radius 3 is 2.12 bits per heavy atom. The number of rotatable bonds is 2. The van der Waals surface area contributed by atoms with Crippen molar-refractivity contribution in [2.45, 2.75) is 6.92 Å². The van der Waals surface area contributed by atoms with E-state index in [4.69, 9.17) is 19.4 Å².